The first-order valence-corrected chi connectivity index (χ1v) is 6.16. The molecule has 6 nitrogen and oxygen atoms in total. The summed E-state index contributed by atoms with van der Waals surface area (Å²) in [6.45, 7) is 6.29. The summed E-state index contributed by atoms with van der Waals surface area (Å²) in [4.78, 5) is 19.8. The molecule has 0 saturated heterocycles. The zero-order chi connectivity index (χ0) is 13.5. The third-order valence-electron chi connectivity index (χ3n) is 2.44. The molecule has 0 aliphatic heterocycles. The van der Waals surface area contributed by atoms with Crippen LogP contribution in [0.1, 0.15) is 32.4 Å². The van der Waals surface area contributed by atoms with E-state index >= 15 is 0 Å². The molecule has 1 aromatic heterocycles. The minimum atomic E-state index is -0.134. The molecule has 0 aliphatic carbocycles. The molecule has 100 valence electrons. The minimum Gasteiger partial charge on any atom is -0.371 e. The fourth-order valence-corrected chi connectivity index (χ4v) is 1.54. The van der Waals surface area contributed by atoms with Crippen LogP contribution in [-0.4, -0.2) is 29.5 Å². The summed E-state index contributed by atoms with van der Waals surface area (Å²) in [6.07, 6.45) is 2.19. The molecule has 1 amide bonds. The van der Waals surface area contributed by atoms with Crippen molar-refractivity contribution in [1.29, 1.82) is 0 Å². The standard InChI is InChI=1S/C12H21N5O/c1-5-6-7-14-12-15-8(2)10(16-9(3)18)11(13-4)17-12/h5-7H2,1-4H3,(H,16,18)(H2,13,14,15,17). The lowest BCUT2D eigenvalue weighted by Gasteiger charge is -2.13. The van der Waals surface area contributed by atoms with Crippen LogP contribution in [0.25, 0.3) is 0 Å². The smallest absolute Gasteiger partial charge is 0.225 e. The quantitative estimate of drug-likeness (QED) is 0.674. The number of hydrogen-bond donors (Lipinski definition) is 3. The van der Waals surface area contributed by atoms with Crippen molar-refractivity contribution in [3.05, 3.63) is 5.69 Å². The number of rotatable bonds is 6. The van der Waals surface area contributed by atoms with Crippen LogP contribution in [0.3, 0.4) is 0 Å². The number of amides is 1. The van der Waals surface area contributed by atoms with Gasteiger partial charge in [-0.15, -0.1) is 0 Å². The van der Waals surface area contributed by atoms with E-state index in [1.807, 2.05) is 6.92 Å². The molecule has 3 N–H and O–H groups in total. The summed E-state index contributed by atoms with van der Waals surface area (Å²) in [5.41, 5.74) is 1.37. The Hall–Kier alpha value is -1.85. The Morgan fingerprint density at radius 2 is 2.06 bits per heavy atom. The summed E-state index contributed by atoms with van der Waals surface area (Å²) in [5.74, 6) is 1.07. The minimum absolute atomic E-state index is 0.134. The Morgan fingerprint density at radius 3 is 2.61 bits per heavy atom. The van der Waals surface area contributed by atoms with Crippen LogP contribution in [-0.2, 0) is 4.79 Å². The molecule has 0 saturated carbocycles. The van der Waals surface area contributed by atoms with Crippen molar-refractivity contribution in [1.82, 2.24) is 9.97 Å². The normalized spacial score (nSPS) is 10.0. The van der Waals surface area contributed by atoms with E-state index in [0.717, 1.165) is 25.1 Å². The molecule has 1 heterocycles. The molecule has 0 aliphatic rings. The third-order valence-corrected chi connectivity index (χ3v) is 2.44. The van der Waals surface area contributed by atoms with Crippen LogP contribution < -0.4 is 16.0 Å². The lowest BCUT2D eigenvalue weighted by atomic mass is 10.3. The second kappa shape index (κ2) is 6.78. The predicted molar refractivity (Wildman–Crippen MR) is 74.0 cm³/mol. The molecule has 1 rings (SSSR count). The van der Waals surface area contributed by atoms with Gasteiger partial charge in [-0.05, 0) is 13.3 Å². The Kier molecular flexibility index (Phi) is 5.35. The van der Waals surface area contributed by atoms with Crippen LogP contribution >= 0.6 is 0 Å². The second-order valence-electron chi connectivity index (χ2n) is 4.07. The zero-order valence-corrected chi connectivity index (χ0v) is 11.4. The topological polar surface area (TPSA) is 78.9 Å². The van der Waals surface area contributed by atoms with Gasteiger partial charge in [-0.1, -0.05) is 13.3 Å². The highest BCUT2D eigenvalue weighted by molar-refractivity contribution is 5.92. The number of anilines is 3. The van der Waals surface area contributed by atoms with Gasteiger partial charge in [0.1, 0.15) is 5.69 Å². The van der Waals surface area contributed by atoms with Gasteiger partial charge in [-0.25, -0.2) is 4.98 Å². The molecule has 0 radical (unpaired) electrons. The van der Waals surface area contributed by atoms with E-state index in [4.69, 9.17) is 0 Å². The number of aromatic nitrogens is 2. The van der Waals surface area contributed by atoms with Crippen molar-refractivity contribution in [2.24, 2.45) is 0 Å². The summed E-state index contributed by atoms with van der Waals surface area (Å²) in [7, 11) is 1.77. The van der Waals surface area contributed by atoms with E-state index in [9.17, 15) is 4.79 Å². The molecule has 18 heavy (non-hydrogen) atoms. The van der Waals surface area contributed by atoms with Gasteiger partial charge in [0, 0.05) is 20.5 Å². The van der Waals surface area contributed by atoms with Crippen LogP contribution in [0, 0.1) is 6.92 Å². The monoisotopic (exact) mass is 251 g/mol. The van der Waals surface area contributed by atoms with Gasteiger partial charge < -0.3 is 16.0 Å². The van der Waals surface area contributed by atoms with Crippen molar-refractivity contribution < 1.29 is 4.79 Å². The molecular weight excluding hydrogens is 230 g/mol. The third kappa shape index (κ3) is 3.87. The average Bonchev–Trinajstić information content (AvgIpc) is 2.32. The van der Waals surface area contributed by atoms with E-state index in [0.29, 0.717) is 17.5 Å². The SMILES string of the molecule is CCCCNc1nc(C)c(NC(C)=O)c(NC)n1. The van der Waals surface area contributed by atoms with Gasteiger partial charge >= 0.3 is 0 Å². The lowest BCUT2D eigenvalue weighted by molar-refractivity contribution is -0.114. The second-order valence-corrected chi connectivity index (χ2v) is 4.07. The first-order chi connectivity index (χ1) is 8.58. The maximum Gasteiger partial charge on any atom is 0.225 e. The van der Waals surface area contributed by atoms with Crippen molar-refractivity contribution in [2.75, 3.05) is 29.5 Å². The highest BCUT2D eigenvalue weighted by Crippen LogP contribution is 2.23. The summed E-state index contributed by atoms with van der Waals surface area (Å²) in [6, 6.07) is 0. The number of unbranched alkanes of at least 4 members (excludes halogenated alkanes) is 1. The Labute approximate surface area is 108 Å². The first kappa shape index (κ1) is 14.2. The summed E-state index contributed by atoms with van der Waals surface area (Å²) in [5, 5.41) is 8.87. The Balaban J connectivity index is 2.91. The van der Waals surface area contributed by atoms with Gasteiger partial charge in [0.25, 0.3) is 0 Å². The van der Waals surface area contributed by atoms with Crippen LogP contribution in [0.5, 0.6) is 0 Å². The van der Waals surface area contributed by atoms with E-state index in [1.54, 1.807) is 7.05 Å². The van der Waals surface area contributed by atoms with Gasteiger partial charge in [0.15, 0.2) is 5.82 Å². The van der Waals surface area contributed by atoms with E-state index in [2.05, 4.69) is 32.8 Å². The van der Waals surface area contributed by atoms with E-state index in [-0.39, 0.29) is 5.91 Å². The number of nitrogens with one attached hydrogen (secondary N) is 3. The average molecular weight is 251 g/mol. The molecule has 0 unspecified atom stereocenters. The Morgan fingerprint density at radius 1 is 1.33 bits per heavy atom. The molecule has 0 atom stereocenters. The molecule has 0 aromatic carbocycles. The van der Waals surface area contributed by atoms with Crippen molar-refractivity contribution in [3.8, 4) is 0 Å². The largest absolute Gasteiger partial charge is 0.371 e. The number of nitrogens with zero attached hydrogens (tertiary/aromatic N) is 2. The molecule has 6 heteroatoms. The number of carbonyl (C=O) groups is 1. The van der Waals surface area contributed by atoms with Crippen molar-refractivity contribution in [3.63, 3.8) is 0 Å². The fraction of sp³-hybridized carbons (Fsp3) is 0.583. The Bertz CT molecular complexity index is 419. The van der Waals surface area contributed by atoms with Gasteiger partial charge in [0.05, 0.1) is 5.69 Å². The van der Waals surface area contributed by atoms with Crippen LogP contribution in [0.15, 0.2) is 0 Å². The lowest BCUT2D eigenvalue weighted by Crippen LogP contribution is -2.14. The van der Waals surface area contributed by atoms with Crippen LogP contribution in [0.2, 0.25) is 0 Å². The zero-order valence-electron chi connectivity index (χ0n) is 11.4. The predicted octanol–water partition coefficient (Wildman–Crippen LogP) is 2.00. The maximum absolute atomic E-state index is 11.1. The van der Waals surface area contributed by atoms with Gasteiger partial charge in [-0.2, -0.15) is 4.98 Å². The summed E-state index contributed by atoms with van der Waals surface area (Å²) >= 11 is 0. The van der Waals surface area contributed by atoms with Gasteiger partial charge in [-0.3, -0.25) is 4.79 Å². The molecular formula is C12H21N5O. The first-order valence-electron chi connectivity index (χ1n) is 6.16. The number of aryl methyl sites for hydroxylation is 1. The van der Waals surface area contributed by atoms with Gasteiger partial charge in [0.2, 0.25) is 11.9 Å². The fourth-order valence-electron chi connectivity index (χ4n) is 1.54. The summed E-state index contributed by atoms with van der Waals surface area (Å²) < 4.78 is 0. The highest BCUT2D eigenvalue weighted by Gasteiger charge is 2.11. The maximum atomic E-state index is 11.1. The molecule has 0 fully saturated rings. The van der Waals surface area contributed by atoms with E-state index in [1.165, 1.54) is 6.92 Å². The number of hydrogen-bond acceptors (Lipinski definition) is 5. The van der Waals surface area contributed by atoms with Crippen molar-refractivity contribution >= 4 is 23.4 Å². The molecule has 0 spiro atoms. The molecule has 0 bridgehead atoms. The molecule has 1 aromatic rings. The highest BCUT2D eigenvalue weighted by atomic mass is 16.1. The van der Waals surface area contributed by atoms with E-state index < -0.39 is 0 Å². The van der Waals surface area contributed by atoms with Crippen molar-refractivity contribution in [2.45, 2.75) is 33.6 Å². The number of carbonyl (C=O) groups excluding carboxylic acids is 1. The van der Waals surface area contributed by atoms with Crippen LogP contribution in [0.4, 0.5) is 17.5 Å².